The molecule has 2 heterocycles. The number of thiazole rings is 1. The summed E-state index contributed by atoms with van der Waals surface area (Å²) in [4.78, 5) is 30.9. The number of aliphatic carboxylic acids is 1. The fourth-order valence-electron chi connectivity index (χ4n) is 2.93. The lowest BCUT2D eigenvalue weighted by atomic mass is 10.0. The standard InChI is InChI=1S/C20H18N2O5S2/c1-11(23)27-13-4-2-12(3-5-13)9-26-14-6-7-15-17(8-14)29-19(21-15)18-22-16(10-28-18)20(24)25/h2,4,6-8,16H,3,5,9-10H2,1H3,(H,24,25)/t16-/m1/s1. The molecule has 0 radical (unpaired) electrons. The van der Waals surface area contributed by atoms with E-state index in [2.05, 4.69) is 9.98 Å². The Bertz CT molecular complexity index is 1070. The summed E-state index contributed by atoms with van der Waals surface area (Å²) in [5.41, 5.74) is 1.97. The van der Waals surface area contributed by atoms with E-state index in [0.717, 1.165) is 33.0 Å². The lowest BCUT2D eigenvalue weighted by molar-refractivity contribution is -0.138. The number of carbonyl (C=O) groups excluding carboxylic acids is 1. The molecule has 0 saturated carbocycles. The van der Waals surface area contributed by atoms with Crippen molar-refractivity contribution in [3.05, 3.63) is 46.7 Å². The number of esters is 1. The van der Waals surface area contributed by atoms with E-state index in [9.17, 15) is 9.59 Å². The number of allylic oxidation sites excluding steroid dienone is 3. The molecule has 0 bridgehead atoms. The van der Waals surface area contributed by atoms with Gasteiger partial charge in [-0.25, -0.2) is 9.78 Å². The van der Waals surface area contributed by atoms with E-state index in [1.54, 1.807) is 0 Å². The number of hydrogen-bond acceptors (Lipinski definition) is 8. The van der Waals surface area contributed by atoms with Crippen LogP contribution in [0.4, 0.5) is 0 Å². The number of hydrogen-bond donors (Lipinski definition) is 1. The molecule has 2 aliphatic rings. The molecule has 7 nitrogen and oxygen atoms in total. The largest absolute Gasteiger partial charge is 0.489 e. The number of carboxylic acid groups (broad SMARTS) is 1. The molecular formula is C20H18N2O5S2. The number of thioether (sulfide) groups is 1. The molecule has 0 spiro atoms. The molecule has 1 aromatic heterocycles. The van der Waals surface area contributed by atoms with Crippen LogP contribution in [-0.4, -0.2) is 45.5 Å². The molecule has 0 fully saturated rings. The zero-order valence-electron chi connectivity index (χ0n) is 15.6. The highest BCUT2D eigenvalue weighted by Crippen LogP contribution is 2.32. The zero-order chi connectivity index (χ0) is 20.4. The molecule has 0 unspecified atom stereocenters. The first-order valence-electron chi connectivity index (χ1n) is 9.02. The zero-order valence-corrected chi connectivity index (χ0v) is 17.2. The topological polar surface area (TPSA) is 98.1 Å². The van der Waals surface area contributed by atoms with Crippen molar-refractivity contribution in [3.8, 4) is 5.75 Å². The van der Waals surface area contributed by atoms with Gasteiger partial charge >= 0.3 is 11.9 Å². The molecule has 0 amide bonds. The number of benzene rings is 1. The van der Waals surface area contributed by atoms with Crippen molar-refractivity contribution in [2.45, 2.75) is 25.8 Å². The van der Waals surface area contributed by atoms with Gasteiger partial charge in [0.05, 0.1) is 10.2 Å². The van der Waals surface area contributed by atoms with Gasteiger partial charge in [0, 0.05) is 19.1 Å². The second kappa shape index (κ2) is 8.38. The lowest BCUT2D eigenvalue weighted by Crippen LogP contribution is -2.17. The van der Waals surface area contributed by atoms with E-state index in [0.29, 0.717) is 29.6 Å². The predicted molar refractivity (Wildman–Crippen MR) is 113 cm³/mol. The SMILES string of the molecule is CC(=O)OC1=CC=C(COc2ccc3nc(C4=N[C@@H](C(=O)O)CS4)sc3c2)CC1. The maximum absolute atomic E-state index is 11.1. The van der Waals surface area contributed by atoms with Crippen molar-refractivity contribution >= 4 is 50.3 Å². The van der Waals surface area contributed by atoms with E-state index in [4.69, 9.17) is 14.6 Å². The molecule has 1 aromatic carbocycles. The van der Waals surface area contributed by atoms with Crippen LogP contribution in [0.15, 0.2) is 46.7 Å². The predicted octanol–water partition coefficient (Wildman–Crippen LogP) is 3.79. The maximum atomic E-state index is 11.1. The Kier molecular flexibility index (Phi) is 5.68. The fraction of sp³-hybridized carbons (Fsp3) is 0.300. The van der Waals surface area contributed by atoms with Gasteiger partial charge < -0.3 is 14.6 Å². The summed E-state index contributed by atoms with van der Waals surface area (Å²) in [7, 11) is 0. The first-order chi connectivity index (χ1) is 14.0. The number of carboxylic acids is 1. The molecule has 1 aliphatic heterocycles. The molecule has 4 rings (SSSR count). The summed E-state index contributed by atoms with van der Waals surface area (Å²) in [6.07, 6.45) is 5.21. The van der Waals surface area contributed by atoms with Crippen LogP contribution in [-0.2, 0) is 14.3 Å². The Morgan fingerprint density at radius 1 is 1.28 bits per heavy atom. The van der Waals surface area contributed by atoms with E-state index < -0.39 is 12.0 Å². The van der Waals surface area contributed by atoms with Crippen LogP contribution in [0.2, 0.25) is 0 Å². The minimum Gasteiger partial charge on any atom is -0.489 e. The fourth-order valence-corrected chi connectivity index (χ4v) is 5.02. The molecule has 9 heteroatoms. The van der Waals surface area contributed by atoms with Crippen LogP contribution in [0.1, 0.15) is 24.8 Å². The van der Waals surface area contributed by atoms with Crippen molar-refractivity contribution in [3.63, 3.8) is 0 Å². The third kappa shape index (κ3) is 4.68. The molecule has 1 N–H and O–H groups in total. The van der Waals surface area contributed by atoms with Gasteiger partial charge in [-0.3, -0.25) is 9.79 Å². The summed E-state index contributed by atoms with van der Waals surface area (Å²) < 4.78 is 12.0. The summed E-state index contributed by atoms with van der Waals surface area (Å²) in [6.45, 7) is 1.86. The van der Waals surface area contributed by atoms with Crippen LogP contribution in [0.25, 0.3) is 10.2 Å². The minimum atomic E-state index is -0.906. The molecule has 1 atom stereocenters. The highest BCUT2D eigenvalue weighted by molar-refractivity contribution is 8.15. The van der Waals surface area contributed by atoms with Crippen molar-refractivity contribution in [2.24, 2.45) is 4.99 Å². The monoisotopic (exact) mass is 430 g/mol. The number of nitrogens with zero attached hydrogens (tertiary/aromatic N) is 2. The van der Waals surface area contributed by atoms with Gasteiger partial charge in [0.15, 0.2) is 6.04 Å². The van der Waals surface area contributed by atoms with Crippen molar-refractivity contribution in [1.29, 1.82) is 0 Å². The van der Waals surface area contributed by atoms with E-state index in [1.807, 2.05) is 30.4 Å². The lowest BCUT2D eigenvalue weighted by Gasteiger charge is -2.14. The van der Waals surface area contributed by atoms with E-state index >= 15 is 0 Å². The van der Waals surface area contributed by atoms with E-state index in [-0.39, 0.29) is 5.97 Å². The van der Waals surface area contributed by atoms with Gasteiger partial charge in [-0.1, -0.05) is 6.08 Å². The normalized spacial score (nSPS) is 18.8. The van der Waals surface area contributed by atoms with Gasteiger partial charge in [0.2, 0.25) is 0 Å². The van der Waals surface area contributed by atoms with Crippen molar-refractivity contribution in [2.75, 3.05) is 12.4 Å². The van der Waals surface area contributed by atoms with Gasteiger partial charge in [-0.2, -0.15) is 0 Å². The first-order valence-corrected chi connectivity index (χ1v) is 10.8. The average Bonchev–Trinajstić information content (AvgIpc) is 3.33. The van der Waals surface area contributed by atoms with Gasteiger partial charge in [-0.05, 0) is 36.3 Å². The smallest absolute Gasteiger partial charge is 0.329 e. The third-order valence-corrected chi connectivity index (χ3v) is 6.58. The maximum Gasteiger partial charge on any atom is 0.329 e. The van der Waals surface area contributed by atoms with Crippen molar-refractivity contribution < 1.29 is 24.2 Å². The Morgan fingerprint density at radius 2 is 2.14 bits per heavy atom. The minimum absolute atomic E-state index is 0.304. The molecule has 150 valence electrons. The van der Waals surface area contributed by atoms with Gasteiger partial charge in [0.1, 0.15) is 28.2 Å². The Labute approximate surface area is 175 Å². The van der Waals surface area contributed by atoms with E-state index in [1.165, 1.54) is 30.0 Å². The number of carbonyl (C=O) groups is 2. The van der Waals surface area contributed by atoms with Crippen LogP contribution in [0.3, 0.4) is 0 Å². The quantitative estimate of drug-likeness (QED) is 0.696. The van der Waals surface area contributed by atoms with Gasteiger partial charge in [-0.15, -0.1) is 23.1 Å². The van der Waals surface area contributed by atoms with Crippen LogP contribution in [0.5, 0.6) is 5.75 Å². The number of aromatic nitrogens is 1. The van der Waals surface area contributed by atoms with Crippen LogP contribution in [0, 0.1) is 0 Å². The molecule has 2 aromatic rings. The molecular weight excluding hydrogens is 412 g/mol. The van der Waals surface area contributed by atoms with Crippen molar-refractivity contribution in [1.82, 2.24) is 4.98 Å². The summed E-state index contributed by atoms with van der Waals surface area (Å²) in [5.74, 6) is 0.654. The average molecular weight is 431 g/mol. The second-order valence-electron chi connectivity index (χ2n) is 6.59. The first kappa shape index (κ1) is 19.7. The number of aliphatic imine (C=N–C) groups is 1. The molecule has 1 aliphatic carbocycles. The highest BCUT2D eigenvalue weighted by atomic mass is 32.2. The number of fused-ring (bicyclic) bond motifs is 1. The Balaban J connectivity index is 1.43. The highest BCUT2D eigenvalue weighted by Gasteiger charge is 2.26. The molecule has 0 saturated heterocycles. The molecule has 29 heavy (non-hydrogen) atoms. The van der Waals surface area contributed by atoms with Gasteiger partial charge in [0.25, 0.3) is 0 Å². The number of rotatable bonds is 6. The van der Waals surface area contributed by atoms with Crippen LogP contribution < -0.4 is 4.74 Å². The Hall–Kier alpha value is -2.65. The van der Waals surface area contributed by atoms with Crippen LogP contribution >= 0.6 is 23.1 Å². The summed E-state index contributed by atoms with van der Waals surface area (Å²) >= 11 is 2.91. The Morgan fingerprint density at radius 3 is 2.83 bits per heavy atom. The second-order valence-corrected chi connectivity index (χ2v) is 8.63. The summed E-state index contributed by atoms with van der Waals surface area (Å²) in [6, 6.07) is 5.02. The third-order valence-electron chi connectivity index (χ3n) is 4.38. The summed E-state index contributed by atoms with van der Waals surface area (Å²) in [5, 5.41) is 10.5. The number of ether oxygens (including phenoxy) is 2.